The predicted octanol–water partition coefficient (Wildman–Crippen LogP) is 1.94. The molecule has 0 radical (unpaired) electrons. The van der Waals surface area contributed by atoms with Crippen molar-refractivity contribution in [1.82, 2.24) is 5.32 Å². The second-order valence-corrected chi connectivity index (χ2v) is 4.23. The van der Waals surface area contributed by atoms with Gasteiger partial charge in [-0.2, -0.15) is 0 Å². The normalized spacial score (nSPS) is 10.4. The molecule has 0 fully saturated rings. The highest BCUT2D eigenvalue weighted by Gasteiger charge is 2.05. The van der Waals surface area contributed by atoms with Gasteiger partial charge in [0.25, 0.3) is 0 Å². The number of hydrogen-bond acceptors (Lipinski definition) is 3. The molecule has 0 heterocycles. The van der Waals surface area contributed by atoms with Gasteiger partial charge in [0, 0.05) is 5.69 Å². The van der Waals surface area contributed by atoms with Crippen LogP contribution in [0.4, 0.5) is 5.69 Å². The number of nitrogens with one attached hydrogen (secondary N) is 2. The lowest BCUT2D eigenvalue weighted by molar-refractivity contribution is -0.115. The Morgan fingerprint density at radius 2 is 2.12 bits per heavy atom. The molecule has 2 N–H and O–H groups in total. The highest BCUT2D eigenvalue weighted by atomic mass is 16.5. The van der Waals surface area contributed by atoms with Crippen LogP contribution < -0.4 is 15.4 Å². The fraction of sp³-hybridized carbons (Fsp3) is 0.462. The Balaban J connectivity index is 2.71. The predicted molar refractivity (Wildman–Crippen MR) is 69.5 cm³/mol. The van der Waals surface area contributed by atoms with E-state index in [0.29, 0.717) is 6.54 Å². The van der Waals surface area contributed by atoms with Crippen LogP contribution >= 0.6 is 0 Å². The highest BCUT2D eigenvalue weighted by Crippen LogP contribution is 2.22. The van der Waals surface area contributed by atoms with E-state index in [4.69, 9.17) is 4.74 Å². The smallest absolute Gasteiger partial charge is 0.238 e. The van der Waals surface area contributed by atoms with E-state index in [1.807, 2.05) is 39.0 Å². The minimum atomic E-state index is -0.0515. The third-order valence-electron chi connectivity index (χ3n) is 2.16. The van der Waals surface area contributed by atoms with E-state index in [9.17, 15) is 4.79 Å². The zero-order valence-corrected chi connectivity index (χ0v) is 10.8. The average Bonchev–Trinajstić information content (AvgIpc) is 2.22. The SMILES string of the molecule is CNCC(=O)Nc1ccc(OC(C)C)c(C)c1. The number of hydrogen-bond donors (Lipinski definition) is 2. The van der Waals surface area contributed by atoms with Gasteiger partial charge in [-0.05, 0) is 51.6 Å². The highest BCUT2D eigenvalue weighted by molar-refractivity contribution is 5.92. The molecule has 0 bridgehead atoms. The topological polar surface area (TPSA) is 50.4 Å². The van der Waals surface area contributed by atoms with Gasteiger partial charge >= 0.3 is 0 Å². The summed E-state index contributed by atoms with van der Waals surface area (Å²) in [6.45, 7) is 6.25. The largest absolute Gasteiger partial charge is 0.491 e. The van der Waals surface area contributed by atoms with Crippen molar-refractivity contribution in [2.24, 2.45) is 0 Å². The van der Waals surface area contributed by atoms with E-state index < -0.39 is 0 Å². The molecular formula is C13H20N2O2. The molecule has 0 aliphatic carbocycles. The van der Waals surface area contributed by atoms with Crippen molar-refractivity contribution in [2.75, 3.05) is 18.9 Å². The molecule has 0 aliphatic rings. The van der Waals surface area contributed by atoms with Crippen LogP contribution in [0.25, 0.3) is 0 Å². The number of ether oxygens (including phenoxy) is 1. The van der Waals surface area contributed by atoms with Crippen molar-refractivity contribution in [1.29, 1.82) is 0 Å². The molecule has 17 heavy (non-hydrogen) atoms. The maximum atomic E-state index is 11.4. The molecule has 94 valence electrons. The Morgan fingerprint density at radius 3 is 2.65 bits per heavy atom. The van der Waals surface area contributed by atoms with Gasteiger partial charge in [0.2, 0.25) is 5.91 Å². The summed E-state index contributed by atoms with van der Waals surface area (Å²) in [5.74, 6) is 0.802. The van der Waals surface area contributed by atoms with E-state index in [-0.39, 0.29) is 12.0 Å². The summed E-state index contributed by atoms with van der Waals surface area (Å²) < 4.78 is 5.63. The Kier molecular flexibility index (Phi) is 4.97. The number of anilines is 1. The van der Waals surface area contributed by atoms with Crippen molar-refractivity contribution in [3.8, 4) is 5.75 Å². The first-order valence-corrected chi connectivity index (χ1v) is 5.74. The first kappa shape index (κ1) is 13.5. The van der Waals surface area contributed by atoms with Gasteiger partial charge in [0.15, 0.2) is 0 Å². The van der Waals surface area contributed by atoms with Crippen LogP contribution in [0.2, 0.25) is 0 Å². The molecule has 0 aliphatic heterocycles. The number of carbonyl (C=O) groups excluding carboxylic acids is 1. The summed E-state index contributed by atoms with van der Waals surface area (Å²) in [7, 11) is 1.74. The van der Waals surface area contributed by atoms with Crippen LogP contribution in [0, 0.1) is 6.92 Å². The number of likely N-dealkylation sites (N-methyl/N-ethyl adjacent to an activating group) is 1. The van der Waals surface area contributed by atoms with Crippen LogP contribution in [0.15, 0.2) is 18.2 Å². The molecule has 0 saturated carbocycles. The molecular weight excluding hydrogens is 216 g/mol. The van der Waals surface area contributed by atoms with E-state index in [0.717, 1.165) is 17.0 Å². The van der Waals surface area contributed by atoms with Crippen LogP contribution in [0.3, 0.4) is 0 Å². The molecule has 1 amide bonds. The van der Waals surface area contributed by atoms with Crippen LogP contribution in [-0.4, -0.2) is 25.6 Å². The zero-order chi connectivity index (χ0) is 12.8. The van der Waals surface area contributed by atoms with Gasteiger partial charge in [-0.3, -0.25) is 4.79 Å². The molecule has 0 saturated heterocycles. The Hall–Kier alpha value is -1.55. The quantitative estimate of drug-likeness (QED) is 0.821. The number of benzene rings is 1. The number of carbonyl (C=O) groups is 1. The molecule has 4 nitrogen and oxygen atoms in total. The molecule has 0 aromatic heterocycles. The lowest BCUT2D eigenvalue weighted by Gasteiger charge is -2.13. The van der Waals surface area contributed by atoms with Crippen molar-refractivity contribution >= 4 is 11.6 Å². The molecule has 1 aromatic rings. The van der Waals surface area contributed by atoms with Crippen molar-refractivity contribution < 1.29 is 9.53 Å². The van der Waals surface area contributed by atoms with E-state index >= 15 is 0 Å². The number of amides is 1. The molecule has 1 aromatic carbocycles. The molecule has 0 atom stereocenters. The number of aryl methyl sites for hydroxylation is 1. The van der Waals surface area contributed by atoms with Gasteiger partial charge in [-0.15, -0.1) is 0 Å². The Bertz CT molecular complexity index is 389. The first-order valence-electron chi connectivity index (χ1n) is 5.74. The maximum Gasteiger partial charge on any atom is 0.238 e. The van der Waals surface area contributed by atoms with Gasteiger partial charge < -0.3 is 15.4 Å². The Labute approximate surface area is 102 Å². The second kappa shape index (κ2) is 6.25. The lowest BCUT2D eigenvalue weighted by atomic mass is 10.2. The number of rotatable bonds is 5. The van der Waals surface area contributed by atoms with Crippen molar-refractivity contribution in [2.45, 2.75) is 26.9 Å². The van der Waals surface area contributed by atoms with E-state index in [1.54, 1.807) is 7.05 Å². The van der Waals surface area contributed by atoms with Crippen molar-refractivity contribution in [3.05, 3.63) is 23.8 Å². The minimum Gasteiger partial charge on any atom is -0.491 e. The minimum absolute atomic E-state index is 0.0515. The summed E-state index contributed by atoms with van der Waals surface area (Å²) in [5.41, 5.74) is 1.81. The fourth-order valence-electron chi connectivity index (χ4n) is 1.48. The monoisotopic (exact) mass is 236 g/mol. The summed E-state index contributed by atoms with van der Waals surface area (Å²) in [6, 6.07) is 5.63. The molecule has 4 heteroatoms. The van der Waals surface area contributed by atoms with Crippen molar-refractivity contribution in [3.63, 3.8) is 0 Å². The summed E-state index contributed by atoms with van der Waals surface area (Å²) in [5, 5.41) is 5.61. The average molecular weight is 236 g/mol. The third-order valence-corrected chi connectivity index (χ3v) is 2.16. The maximum absolute atomic E-state index is 11.4. The second-order valence-electron chi connectivity index (χ2n) is 4.23. The fourth-order valence-corrected chi connectivity index (χ4v) is 1.48. The van der Waals surface area contributed by atoms with Crippen LogP contribution in [0.5, 0.6) is 5.75 Å². The van der Waals surface area contributed by atoms with Gasteiger partial charge in [0.1, 0.15) is 5.75 Å². The first-order chi connectivity index (χ1) is 8.02. The van der Waals surface area contributed by atoms with Crippen LogP contribution in [0.1, 0.15) is 19.4 Å². The van der Waals surface area contributed by atoms with Gasteiger partial charge in [-0.25, -0.2) is 0 Å². The molecule has 0 unspecified atom stereocenters. The summed E-state index contributed by atoms with van der Waals surface area (Å²) >= 11 is 0. The molecule has 0 spiro atoms. The zero-order valence-electron chi connectivity index (χ0n) is 10.8. The summed E-state index contributed by atoms with van der Waals surface area (Å²) in [4.78, 5) is 11.4. The van der Waals surface area contributed by atoms with Crippen LogP contribution in [-0.2, 0) is 4.79 Å². The van der Waals surface area contributed by atoms with Gasteiger partial charge in [-0.1, -0.05) is 0 Å². The Morgan fingerprint density at radius 1 is 1.41 bits per heavy atom. The standard InChI is InChI=1S/C13H20N2O2/c1-9(2)17-12-6-5-11(7-10(12)3)15-13(16)8-14-4/h5-7,9,14H,8H2,1-4H3,(H,15,16). The van der Waals surface area contributed by atoms with E-state index in [2.05, 4.69) is 10.6 Å². The molecule has 1 rings (SSSR count). The lowest BCUT2D eigenvalue weighted by Crippen LogP contribution is -2.25. The van der Waals surface area contributed by atoms with E-state index in [1.165, 1.54) is 0 Å². The third kappa shape index (κ3) is 4.44. The van der Waals surface area contributed by atoms with Gasteiger partial charge in [0.05, 0.1) is 12.6 Å². The summed E-state index contributed by atoms with van der Waals surface area (Å²) in [6.07, 6.45) is 0.151.